The molecule has 6 nitrogen and oxygen atoms in total. The predicted octanol–water partition coefficient (Wildman–Crippen LogP) is 0.618. The molecule has 1 N–H and O–H groups in total. The van der Waals surface area contributed by atoms with Crippen molar-refractivity contribution < 1.29 is 9.90 Å². The van der Waals surface area contributed by atoms with Crippen LogP contribution in [0.15, 0.2) is 12.4 Å². The molecule has 2 aliphatic heterocycles. The molecule has 2 saturated heterocycles. The zero-order valence-electron chi connectivity index (χ0n) is 12.8. The Balaban J connectivity index is 1.68. The Kier molecular flexibility index (Phi) is 3.99. The number of hydrogen-bond acceptors (Lipinski definition) is 4. The quantitative estimate of drug-likeness (QED) is 0.887. The molecule has 3 unspecified atom stereocenters. The summed E-state index contributed by atoms with van der Waals surface area (Å²) in [6, 6.07) is -0.0354. The normalized spacial score (nSPS) is 29.1. The van der Waals surface area contributed by atoms with Crippen LogP contribution in [0.1, 0.15) is 26.2 Å². The van der Waals surface area contributed by atoms with Gasteiger partial charge in [-0.2, -0.15) is 5.10 Å². The van der Waals surface area contributed by atoms with Crippen molar-refractivity contribution in [3.63, 3.8) is 0 Å². The van der Waals surface area contributed by atoms with Gasteiger partial charge in [0.15, 0.2) is 0 Å². The Morgan fingerprint density at radius 1 is 1.38 bits per heavy atom. The van der Waals surface area contributed by atoms with Gasteiger partial charge in [0.1, 0.15) is 0 Å². The highest BCUT2D eigenvalue weighted by Gasteiger charge is 2.39. The topological polar surface area (TPSA) is 61.6 Å². The third-order valence-corrected chi connectivity index (χ3v) is 4.79. The van der Waals surface area contributed by atoms with E-state index in [1.165, 1.54) is 0 Å². The number of aromatic nitrogens is 2. The number of hydrogen-bond donors (Lipinski definition) is 1. The second-order valence-corrected chi connectivity index (χ2v) is 6.30. The van der Waals surface area contributed by atoms with Gasteiger partial charge in [-0.15, -0.1) is 0 Å². The number of aryl methyl sites for hydroxylation is 1. The smallest absolute Gasteiger partial charge is 0.244 e. The van der Waals surface area contributed by atoms with Gasteiger partial charge in [0.2, 0.25) is 5.91 Å². The average Bonchev–Trinajstić information content (AvgIpc) is 3.05. The SMILES string of the molecule is CC(O)C1CCCN(C2CCN(c3cnn(C)c3)C2=O)C1. The zero-order chi connectivity index (χ0) is 15.0. The first-order chi connectivity index (χ1) is 10.1. The molecule has 1 amide bonds. The lowest BCUT2D eigenvalue weighted by Gasteiger charge is -2.37. The van der Waals surface area contributed by atoms with Gasteiger partial charge in [-0.05, 0) is 38.6 Å². The lowest BCUT2D eigenvalue weighted by atomic mass is 9.92. The number of piperidine rings is 1. The highest BCUT2D eigenvalue weighted by atomic mass is 16.3. The molecule has 1 aromatic rings. The fourth-order valence-electron chi connectivity index (χ4n) is 3.52. The number of aliphatic hydroxyl groups is 1. The van der Waals surface area contributed by atoms with E-state index in [9.17, 15) is 9.90 Å². The van der Waals surface area contributed by atoms with Gasteiger partial charge in [0, 0.05) is 26.3 Å². The molecule has 0 saturated carbocycles. The van der Waals surface area contributed by atoms with Crippen molar-refractivity contribution in [2.45, 2.75) is 38.3 Å². The molecule has 3 atom stereocenters. The van der Waals surface area contributed by atoms with Gasteiger partial charge in [-0.25, -0.2) is 0 Å². The van der Waals surface area contributed by atoms with Crippen LogP contribution in [-0.4, -0.2) is 57.5 Å². The van der Waals surface area contributed by atoms with E-state index in [0.29, 0.717) is 5.92 Å². The van der Waals surface area contributed by atoms with Gasteiger partial charge in [-0.3, -0.25) is 14.4 Å². The van der Waals surface area contributed by atoms with E-state index in [1.54, 1.807) is 10.9 Å². The summed E-state index contributed by atoms with van der Waals surface area (Å²) in [6.07, 6.45) is 6.32. The summed E-state index contributed by atoms with van der Waals surface area (Å²) in [5, 5.41) is 13.9. The maximum Gasteiger partial charge on any atom is 0.244 e. The molecule has 2 aliphatic rings. The first-order valence-corrected chi connectivity index (χ1v) is 7.78. The Morgan fingerprint density at radius 3 is 2.86 bits per heavy atom. The van der Waals surface area contributed by atoms with E-state index in [2.05, 4.69) is 10.00 Å². The minimum Gasteiger partial charge on any atom is -0.393 e. The summed E-state index contributed by atoms with van der Waals surface area (Å²) in [6.45, 7) is 4.40. The fourth-order valence-corrected chi connectivity index (χ4v) is 3.52. The summed E-state index contributed by atoms with van der Waals surface area (Å²) in [7, 11) is 1.86. The maximum absolute atomic E-state index is 12.7. The van der Waals surface area contributed by atoms with Crippen molar-refractivity contribution in [2.24, 2.45) is 13.0 Å². The monoisotopic (exact) mass is 292 g/mol. The number of likely N-dealkylation sites (tertiary alicyclic amines) is 1. The summed E-state index contributed by atoms with van der Waals surface area (Å²) < 4.78 is 1.72. The van der Waals surface area contributed by atoms with Crippen LogP contribution in [0, 0.1) is 5.92 Å². The number of aliphatic hydroxyl groups excluding tert-OH is 1. The number of amides is 1. The fraction of sp³-hybridized carbons (Fsp3) is 0.733. The van der Waals surface area contributed by atoms with E-state index >= 15 is 0 Å². The van der Waals surface area contributed by atoms with Crippen LogP contribution in [-0.2, 0) is 11.8 Å². The standard InChI is InChI=1S/C15H24N4O2/c1-11(20)12-4-3-6-18(9-12)14-5-7-19(15(14)21)13-8-16-17(2)10-13/h8,10-12,14,20H,3-7,9H2,1-2H3. The third kappa shape index (κ3) is 2.82. The maximum atomic E-state index is 12.7. The van der Waals surface area contributed by atoms with Crippen molar-refractivity contribution in [1.82, 2.24) is 14.7 Å². The van der Waals surface area contributed by atoms with E-state index < -0.39 is 0 Å². The molecule has 0 aliphatic carbocycles. The molecule has 116 valence electrons. The molecule has 3 rings (SSSR count). The minimum absolute atomic E-state index is 0.0354. The average molecular weight is 292 g/mol. The second kappa shape index (κ2) is 5.77. The summed E-state index contributed by atoms with van der Waals surface area (Å²) >= 11 is 0. The van der Waals surface area contributed by atoms with E-state index in [-0.39, 0.29) is 18.1 Å². The van der Waals surface area contributed by atoms with E-state index in [4.69, 9.17) is 0 Å². The number of rotatable bonds is 3. The molecular formula is C15H24N4O2. The highest BCUT2D eigenvalue weighted by molar-refractivity contribution is 5.99. The van der Waals surface area contributed by atoms with Crippen LogP contribution >= 0.6 is 0 Å². The van der Waals surface area contributed by atoms with Crippen LogP contribution in [0.25, 0.3) is 0 Å². The van der Waals surface area contributed by atoms with Crippen LogP contribution < -0.4 is 4.90 Å². The lowest BCUT2D eigenvalue weighted by molar-refractivity contribution is -0.122. The molecule has 6 heteroatoms. The van der Waals surface area contributed by atoms with Crippen LogP contribution in [0.3, 0.4) is 0 Å². The Hall–Kier alpha value is -1.40. The summed E-state index contributed by atoms with van der Waals surface area (Å²) in [5.41, 5.74) is 0.883. The summed E-state index contributed by atoms with van der Waals surface area (Å²) in [4.78, 5) is 16.8. The van der Waals surface area contributed by atoms with Gasteiger partial charge >= 0.3 is 0 Å². The van der Waals surface area contributed by atoms with Gasteiger partial charge < -0.3 is 10.0 Å². The van der Waals surface area contributed by atoms with E-state index in [1.807, 2.05) is 25.1 Å². The van der Waals surface area contributed by atoms with Crippen LogP contribution in [0.4, 0.5) is 5.69 Å². The molecule has 21 heavy (non-hydrogen) atoms. The molecular weight excluding hydrogens is 268 g/mol. The molecule has 3 heterocycles. The molecule has 0 radical (unpaired) electrons. The lowest BCUT2D eigenvalue weighted by Crippen LogP contribution is -2.48. The van der Waals surface area contributed by atoms with Gasteiger partial charge in [0.05, 0.1) is 24.0 Å². The van der Waals surface area contributed by atoms with Gasteiger partial charge in [0.25, 0.3) is 0 Å². The predicted molar refractivity (Wildman–Crippen MR) is 79.9 cm³/mol. The van der Waals surface area contributed by atoms with E-state index in [0.717, 1.165) is 44.6 Å². The van der Waals surface area contributed by atoms with Crippen LogP contribution in [0.5, 0.6) is 0 Å². The first-order valence-electron chi connectivity index (χ1n) is 7.78. The van der Waals surface area contributed by atoms with Crippen molar-refractivity contribution in [1.29, 1.82) is 0 Å². The Bertz CT molecular complexity index is 514. The van der Waals surface area contributed by atoms with Crippen LogP contribution in [0.2, 0.25) is 0 Å². The number of carbonyl (C=O) groups is 1. The minimum atomic E-state index is -0.293. The Labute approximate surface area is 125 Å². The second-order valence-electron chi connectivity index (χ2n) is 6.30. The number of carbonyl (C=O) groups excluding carboxylic acids is 1. The van der Waals surface area contributed by atoms with Gasteiger partial charge in [-0.1, -0.05) is 0 Å². The summed E-state index contributed by atoms with van der Waals surface area (Å²) in [5.74, 6) is 0.466. The van der Waals surface area contributed by atoms with Crippen molar-refractivity contribution in [2.75, 3.05) is 24.5 Å². The highest BCUT2D eigenvalue weighted by Crippen LogP contribution is 2.28. The van der Waals surface area contributed by atoms with Crippen molar-refractivity contribution in [3.05, 3.63) is 12.4 Å². The molecule has 0 spiro atoms. The number of anilines is 1. The molecule has 0 bridgehead atoms. The molecule has 2 fully saturated rings. The van der Waals surface area contributed by atoms with Crippen molar-refractivity contribution >= 4 is 11.6 Å². The number of nitrogens with zero attached hydrogens (tertiary/aromatic N) is 4. The largest absolute Gasteiger partial charge is 0.393 e. The molecule has 1 aromatic heterocycles. The Morgan fingerprint density at radius 2 is 2.19 bits per heavy atom. The molecule has 0 aromatic carbocycles. The zero-order valence-corrected chi connectivity index (χ0v) is 12.8. The third-order valence-electron chi connectivity index (χ3n) is 4.79. The first kappa shape index (κ1) is 14.5. The van der Waals surface area contributed by atoms with Crippen molar-refractivity contribution in [3.8, 4) is 0 Å².